The number of likely N-dealkylation sites (tertiary alicyclic amines) is 1. The van der Waals surface area contributed by atoms with Crippen molar-refractivity contribution in [2.45, 2.75) is 50.1 Å². The number of nitrogen functional groups attached to an aromatic ring is 1. The van der Waals surface area contributed by atoms with Gasteiger partial charge in [-0.2, -0.15) is 0 Å². The van der Waals surface area contributed by atoms with Crippen LogP contribution in [0.15, 0.2) is 36.4 Å². The molecule has 1 heterocycles. The number of hydrogen-bond donors (Lipinski definition) is 2. The van der Waals surface area contributed by atoms with E-state index in [0.29, 0.717) is 12.5 Å². The van der Waals surface area contributed by atoms with Crippen LogP contribution >= 0.6 is 0 Å². The first kappa shape index (κ1) is 19.8. The van der Waals surface area contributed by atoms with Crippen molar-refractivity contribution in [3.05, 3.63) is 59.2 Å². The molecule has 1 spiro atoms. The Morgan fingerprint density at radius 2 is 1.83 bits per heavy atom. The number of benzene rings is 2. The van der Waals surface area contributed by atoms with Gasteiger partial charge in [-0.3, -0.25) is 4.90 Å². The van der Waals surface area contributed by atoms with Gasteiger partial charge in [0.05, 0.1) is 6.61 Å². The summed E-state index contributed by atoms with van der Waals surface area (Å²) in [5, 5.41) is 0. The zero-order chi connectivity index (χ0) is 21.3. The SMILES string of the molecule is CC1(C)[C@H]2CC3(CN2CCCOc2c(F)cccc2F)C[C@]1(N)c1cccc(N)c13. The standard InChI is InChI=1S/C24H29F2N3O/c1-22(2)19-12-23(13-24(22,28)15-6-3-9-18(27)20(15)23)14-29(19)10-5-11-30-21-16(25)7-4-8-17(21)26/h3-4,6-9,19H,5,10-14,27-28H2,1-2H3/t19-,23?,24+/m1/s1. The molecule has 30 heavy (non-hydrogen) atoms. The maximum absolute atomic E-state index is 13.8. The molecule has 3 atom stereocenters. The van der Waals surface area contributed by atoms with E-state index in [4.69, 9.17) is 16.2 Å². The van der Waals surface area contributed by atoms with Gasteiger partial charge in [-0.05, 0) is 48.6 Å². The Balaban J connectivity index is 1.35. The summed E-state index contributed by atoms with van der Waals surface area (Å²) in [6.45, 7) is 6.51. The number of anilines is 1. The van der Waals surface area contributed by atoms with Gasteiger partial charge in [-0.15, -0.1) is 0 Å². The molecule has 1 aliphatic heterocycles. The Kier molecular flexibility index (Phi) is 4.22. The van der Waals surface area contributed by atoms with Gasteiger partial charge in [0, 0.05) is 41.2 Å². The maximum atomic E-state index is 13.8. The van der Waals surface area contributed by atoms with Gasteiger partial charge in [0.25, 0.3) is 0 Å². The molecule has 160 valence electrons. The molecule has 6 heteroatoms. The molecule has 3 bridgehead atoms. The van der Waals surface area contributed by atoms with Crippen molar-refractivity contribution >= 4 is 5.69 Å². The van der Waals surface area contributed by atoms with Crippen LogP contribution in [-0.2, 0) is 11.0 Å². The van der Waals surface area contributed by atoms with Crippen LogP contribution in [0.2, 0.25) is 0 Å². The van der Waals surface area contributed by atoms with E-state index in [1.54, 1.807) is 0 Å². The van der Waals surface area contributed by atoms with Gasteiger partial charge in [-0.1, -0.05) is 32.0 Å². The molecule has 2 fully saturated rings. The van der Waals surface area contributed by atoms with Crippen molar-refractivity contribution in [2.75, 3.05) is 25.4 Å². The van der Waals surface area contributed by atoms with Gasteiger partial charge < -0.3 is 16.2 Å². The smallest absolute Gasteiger partial charge is 0.190 e. The second kappa shape index (κ2) is 6.41. The molecule has 0 radical (unpaired) electrons. The van der Waals surface area contributed by atoms with E-state index >= 15 is 0 Å². The molecule has 0 amide bonds. The summed E-state index contributed by atoms with van der Waals surface area (Å²) in [4.78, 5) is 2.49. The zero-order valence-electron chi connectivity index (χ0n) is 17.6. The summed E-state index contributed by atoms with van der Waals surface area (Å²) in [6.07, 6.45) is 2.65. The molecule has 0 aromatic heterocycles. The summed E-state index contributed by atoms with van der Waals surface area (Å²) < 4.78 is 33.0. The first-order valence-corrected chi connectivity index (χ1v) is 10.7. The number of nitrogens with two attached hydrogens (primary N) is 2. The van der Waals surface area contributed by atoms with Crippen LogP contribution in [0.4, 0.5) is 14.5 Å². The van der Waals surface area contributed by atoms with Crippen LogP contribution in [0.3, 0.4) is 0 Å². The average molecular weight is 414 g/mol. The van der Waals surface area contributed by atoms with Crippen LogP contribution in [0.25, 0.3) is 0 Å². The first-order valence-electron chi connectivity index (χ1n) is 10.7. The van der Waals surface area contributed by atoms with Gasteiger partial charge in [0.15, 0.2) is 17.4 Å². The molecule has 1 saturated heterocycles. The number of fused-ring (bicyclic) bond motifs is 4. The van der Waals surface area contributed by atoms with Crippen molar-refractivity contribution in [3.63, 3.8) is 0 Å². The predicted octanol–water partition coefficient (Wildman–Crippen LogP) is 3.93. The van der Waals surface area contributed by atoms with Gasteiger partial charge in [0.1, 0.15) is 0 Å². The minimum Gasteiger partial charge on any atom is -0.488 e. The average Bonchev–Trinajstić information content (AvgIpc) is 3.14. The minimum atomic E-state index is -0.665. The fourth-order valence-corrected chi connectivity index (χ4v) is 6.50. The molecule has 5 rings (SSSR count). The van der Waals surface area contributed by atoms with Crippen LogP contribution in [0, 0.1) is 17.0 Å². The normalized spacial score (nSPS) is 31.0. The molecule has 2 aromatic carbocycles. The van der Waals surface area contributed by atoms with E-state index in [0.717, 1.165) is 31.6 Å². The highest BCUT2D eigenvalue weighted by molar-refractivity contribution is 5.63. The predicted molar refractivity (Wildman–Crippen MR) is 113 cm³/mol. The topological polar surface area (TPSA) is 64.5 Å². The van der Waals surface area contributed by atoms with E-state index in [1.165, 1.54) is 29.3 Å². The van der Waals surface area contributed by atoms with Crippen molar-refractivity contribution in [2.24, 2.45) is 11.1 Å². The van der Waals surface area contributed by atoms with E-state index in [-0.39, 0.29) is 23.2 Å². The lowest BCUT2D eigenvalue weighted by Gasteiger charge is -2.51. The molecule has 4 nitrogen and oxygen atoms in total. The van der Waals surface area contributed by atoms with E-state index in [9.17, 15) is 8.78 Å². The summed E-state index contributed by atoms with van der Waals surface area (Å²) in [6, 6.07) is 10.2. The number of ether oxygens (including phenoxy) is 1. The maximum Gasteiger partial charge on any atom is 0.190 e. The van der Waals surface area contributed by atoms with Gasteiger partial charge in [0.2, 0.25) is 0 Å². The summed E-state index contributed by atoms with van der Waals surface area (Å²) in [5.41, 5.74) is 16.3. The van der Waals surface area contributed by atoms with Crippen molar-refractivity contribution in [1.29, 1.82) is 0 Å². The Morgan fingerprint density at radius 3 is 2.57 bits per heavy atom. The number of rotatable bonds is 5. The lowest BCUT2D eigenvalue weighted by Crippen LogP contribution is -2.58. The summed E-state index contributed by atoms with van der Waals surface area (Å²) in [5.74, 6) is -1.62. The third kappa shape index (κ3) is 2.50. The number of hydrogen-bond acceptors (Lipinski definition) is 4. The Labute approximate surface area is 176 Å². The third-order valence-corrected chi connectivity index (χ3v) is 7.99. The van der Waals surface area contributed by atoms with Crippen LogP contribution in [0.1, 0.15) is 44.2 Å². The highest BCUT2D eigenvalue weighted by atomic mass is 19.1. The van der Waals surface area contributed by atoms with Crippen LogP contribution in [-0.4, -0.2) is 30.6 Å². The number of para-hydroxylation sites is 1. The summed E-state index contributed by atoms with van der Waals surface area (Å²) >= 11 is 0. The molecule has 3 aliphatic rings. The Hall–Kier alpha value is -2.18. The highest BCUT2D eigenvalue weighted by Crippen LogP contribution is 2.67. The van der Waals surface area contributed by atoms with Crippen LogP contribution < -0.4 is 16.2 Å². The molecule has 4 N–H and O–H groups in total. The first-order chi connectivity index (χ1) is 14.2. The largest absolute Gasteiger partial charge is 0.488 e. The van der Waals surface area contributed by atoms with Gasteiger partial charge in [-0.25, -0.2) is 8.78 Å². The summed E-state index contributed by atoms with van der Waals surface area (Å²) in [7, 11) is 0. The third-order valence-electron chi connectivity index (χ3n) is 7.99. The van der Waals surface area contributed by atoms with Crippen molar-refractivity contribution in [1.82, 2.24) is 4.90 Å². The lowest BCUT2D eigenvalue weighted by molar-refractivity contribution is 0.0311. The molecular weight excluding hydrogens is 384 g/mol. The lowest BCUT2D eigenvalue weighted by atomic mass is 9.58. The molecule has 2 aliphatic carbocycles. The van der Waals surface area contributed by atoms with E-state index in [2.05, 4.69) is 24.8 Å². The fraction of sp³-hybridized carbons (Fsp3) is 0.500. The highest BCUT2D eigenvalue weighted by Gasteiger charge is 2.69. The quantitative estimate of drug-likeness (QED) is 0.576. The van der Waals surface area contributed by atoms with Crippen LogP contribution in [0.5, 0.6) is 5.75 Å². The second-order valence-corrected chi connectivity index (χ2v) is 9.86. The number of halogens is 2. The molecular formula is C24H29F2N3O. The van der Waals surface area contributed by atoms with Crippen molar-refractivity contribution in [3.8, 4) is 5.75 Å². The van der Waals surface area contributed by atoms with Crippen molar-refractivity contribution < 1.29 is 13.5 Å². The molecule has 2 aromatic rings. The molecule has 1 unspecified atom stereocenters. The van der Waals surface area contributed by atoms with E-state index in [1.807, 2.05) is 12.1 Å². The fourth-order valence-electron chi connectivity index (χ4n) is 6.50. The Morgan fingerprint density at radius 1 is 1.13 bits per heavy atom. The monoisotopic (exact) mass is 413 g/mol. The zero-order valence-corrected chi connectivity index (χ0v) is 17.6. The van der Waals surface area contributed by atoms with Gasteiger partial charge >= 0.3 is 0 Å². The van der Waals surface area contributed by atoms with E-state index < -0.39 is 17.2 Å². The Bertz CT molecular complexity index is 990. The minimum absolute atomic E-state index is 0.00584. The molecule has 1 saturated carbocycles. The number of nitrogens with zero attached hydrogens (tertiary/aromatic N) is 1. The second-order valence-electron chi connectivity index (χ2n) is 9.86.